The van der Waals surface area contributed by atoms with Gasteiger partial charge in [-0.3, -0.25) is 19.7 Å². The predicted octanol–water partition coefficient (Wildman–Crippen LogP) is 3.92. The molecule has 2 amide bonds. The Balaban J connectivity index is 1.49. The number of hydrogen-bond acceptors (Lipinski definition) is 7. The summed E-state index contributed by atoms with van der Waals surface area (Å²) < 4.78 is 42.9. The molecule has 10 nitrogen and oxygen atoms in total. The van der Waals surface area contributed by atoms with Gasteiger partial charge in [0.1, 0.15) is 5.75 Å². The maximum atomic E-state index is 12.6. The maximum Gasteiger partial charge on any atom is 0.416 e. The molecule has 0 aliphatic rings. The Morgan fingerprint density at radius 1 is 0.889 bits per heavy atom. The van der Waals surface area contributed by atoms with Crippen LogP contribution in [0.1, 0.15) is 21.5 Å². The van der Waals surface area contributed by atoms with Crippen LogP contribution in [-0.2, 0) is 15.8 Å². The number of esters is 1. The smallest absolute Gasteiger partial charge is 0.416 e. The van der Waals surface area contributed by atoms with Crippen molar-refractivity contribution in [3.05, 3.63) is 99.6 Å². The van der Waals surface area contributed by atoms with Crippen molar-refractivity contribution in [1.82, 2.24) is 5.43 Å². The lowest BCUT2D eigenvalue weighted by Crippen LogP contribution is -2.32. The highest BCUT2D eigenvalue weighted by molar-refractivity contribution is 6.39. The highest BCUT2D eigenvalue weighted by atomic mass is 19.4. The Bertz CT molecular complexity index is 1310. The van der Waals surface area contributed by atoms with Gasteiger partial charge in [-0.25, -0.2) is 10.2 Å². The molecule has 13 heteroatoms. The SMILES string of the molecule is O=C(N/N=C/c1ccc(OC(=O)c2ccc([N+](=O)[O-])cc2)cc1)C(=O)Nc1ccc(C(F)(F)F)cc1. The molecule has 0 unspecified atom stereocenters. The first-order valence-corrected chi connectivity index (χ1v) is 9.91. The monoisotopic (exact) mass is 500 g/mol. The quantitative estimate of drug-likeness (QED) is 0.131. The number of hydrogen-bond donors (Lipinski definition) is 2. The molecule has 3 aromatic carbocycles. The van der Waals surface area contributed by atoms with Crippen molar-refractivity contribution in [2.45, 2.75) is 6.18 Å². The average Bonchev–Trinajstić information content (AvgIpc) is 2.84. The number of carbonyl (C=O) groups excluding carboxylic acids is 3. The third-order valence-corrected chi connectivity index (χ3v) is 4.46. The zero-order chi connectivity index (χ0) is 26.3. The second-order valence-electron chi connectivity index (χ2n) is 6.99. The number of rotatable bonds is 6. The number of amides is 2. The molecule has 3 aromatic rings. The molecule has 0 radical (unpaired) electrons. The molecule has 0 saturated carbocycles. The zero-order valence-corrected chi connectivity index (χ0v) is 18.0. The van der Waals surface area contributed by atoms with Crippen LogP contribution in [0.2, 0.25) is 0 Å². The molecule has 0 aliphatic heterocycles. The normalized spacial score (nSPS) is 11.1. The molecular formula is C23H15F3N4O6. The second kappa shape index (κ2) is 10.9. The molecule has 36 heavy (non-hydrogen) atoms. The first kappa shape index (κ1) is 25.6. The standard InChI is InChI=1S/C23H15F3N4O6/c24-23(25,26)16-5-7-17(8-6-16)28-20(31)21(32)29-27-13-14-1-11-19(12-2-14)36-22(33)15-3-9-18(10-4-15)30(34)35/h1-13H,(H,28,31)(H,29,32)/b27-13+. The number of alkyl halides is 3. The van der Waals surface area contributed by atoms with Crippen molar-refractivity contribution in [3.8, 4) is 5.75 Å². The Labute approximate surface area is 200 Å². The highest BCUT2D eigenvalue weighted by Gasteiger charge is 2.30. The van der Waals surface area contributed by atoms with Crippen LogP contribution in [0.25, 0.3) is 0 Å². The number of anilines is 1. The van der Waals surface area contributed by atoms with E-state index in [9.17, 15) is 37.7 Å². The molecule has 0 aliphatic carbocycles. The van der Waals surface area contributed by atoms with Crippen molar-refractivity contribution in [2.75, 3.05) is 5.32 Å². The highest BCUT2D eigenvalue weighted by Crippen LogP contribution is 2.29. The number of ether oxygens (including phenoxy) is 1. The molecule has 184 valence electrons. The van der Waals surface area contributed by atoms with E-state index in [-0.39, 0.29) is 22.7 Å². The minimum absolute atomic E-state index is 0.00834. The number of halogens is 3. The molecule has 0 bridgehead atoms. The van der Waals surface area contributed by atoms with Gasteiger partial charge in [0.2, 0.25) is 0 Å². The van der Waals surface area contributed by atoms with Gasteiger partial charge in [0.15, 0.2) is 0 Å². The van der Waals surface area contributed by atoms with Crippen molar-refractivity contribution >= 4 is 35.4 Å². The summed E-state index contributed by atoms with van der Waals surface area (Å²) in [5.41, 5.74) is 1.48. The Kier molecular flexibility index (Phi) is 7.74. The molecule has 0 spiro atoms. The molecule has 0 saturated heterocycles. The topological polar surface area (TPSA) is 140 Å². The van der Waals surface area contributed by atoms with Gasteiger partial charge < -0.3 is 10.1 Å². The van der Waals surface area contributed by atoms with E-state index in [1.54, 1.807) is 0 Å². The first-order chi connectivity index (χ1) is 17.0. The molecular weight excluding hydrogens is 485 g/mol. The van der Waals surface area contributed by atoms with Gasteiger partial charge in [-0.1, -0.05) is 0 Å². The summed E-state index contributed by atoms with van der Waals surface area (Å²) in [6, 6.07) is 14.3. The summed E-state index contributed by atoms with van der Waals surface area (Å²) >= 11 is 0. The fourth-order valence-electron chi connectivity index (χ4n) is 2.65. The molecule has 0 atom stereocenters. The lowest BCUT2D eigenvalue weighted by Gasteiger charge is -2.08. The fourth-order valence-corrected chi connectivity index (χ4v) is 2.65. The number of nitro benzene ring substituents is 1. The van der Waals surface area contributed by atoms with Gasteiger partial charge in [0.25, 0.3) is 5.69 Å². The minimum Gasteiger partial charge on any atom is -0.423 e. The van der Waals surface area contributed by atoms with Crippen molar-refractivity contribution in [3.63, 3.8) is 0 Å². The van der Waals surface area contributed by atoms with Crippen molar-refractivity contribution in [2.24, 2.45) is 5.10 Å². The minimum atomic E-state index is -4.53. The van der Waals surface area contributed by atoms with E-state index in [1.165, 1.54) is 54.7 Å². The van der Waals surface area contributed by atoms with Crippen LogP contribution in [0.15, 0.2) is 77.9 Å². The number of non-ortho nitro benzene ring substituents is 1. The van der Waals surface area contributed by atoms with Crippen LogP contribution in [0.4, 0.5) is 24.5 Å². The summed E-state index contributed by atoms with van der Waals surface area (Å²) in [6.45, 7) is 0. The van der Waals surface area contributed by atoms with Crippen LogP contribution >= 0.6 is 0 Å². The maximum absolute atomic E-state index is 12.6. The van der Waals surface area contributed by atoms with Crippen molar-refractivity contribution < 1.29 is 37.2 Å². The van der Waals surface area contributed by atoms with Crippen LogP contribution in [0, 0.1) is 10.1 Å². The molecule has 0 aromatic heterocycles. The molecule has 0 fully saturated rings. The predicted molar refractivity (Wildman–Crippen MR) is 120 cm³/mol. The zero-order valence-electron chi connectivity index (χ0n) is 18.0. The molecule has 0 heterocycles. The number of nitro groups is 1. The number of hydrazone groups is 1. The van der Waals surface area contributed by atoms with E-state index in [0.29, 0.717) is 5.56 Å². The number of nitrogens with zero attached hydrogens (tertiary/aromatic N) is 2. The second-order valence-corrected chi connectivity index (χ2v) is 6.99. The van der Waals surface area contributed by atoms with E-state index < -0.39 is 34.4 Å². The lowest BCUT2D eigenvalue weighted by atomic mass is 10.2. The largest absolute Gasteiger partial charge is 0.423 e. The summed E-state index contributed by atoms with van der Waals surface area (Å²) in [5, 5.41) is 16.4. The van der Waals surface area contributed by atoms with Crippen LogP contribution < -0.4 is 15.5 Å². The van der Waals surface area contributed by atoms with Crippen molar-refractivity contribution in [1.29, 1.82) is 0 Å². The van der Waals surface area contributed by atoms with E-state index in [4.69, 9.17) is 4.74 Å². The first-order valence-electron chi connectivity index (χ1n) is 9.91. The Morgan fingerprint density at radius 3 is 2.06 bits per heavy atom. The number of benzene rings is 3. The third-order valence-electron chi connectivity index (χ3n) is 4.46. The number of nitrogens with one attached hydrogen (secondary N) is 2. The van der Waals surface area contributed by atoms with Crippen LogP contribution in [0.5, 0.6) is 5.75 Å². The average molecular weight is 500 g/mol. The summed E-state index contributed by atoms with van der Waals surface area (Å²) in [7, 11) is 0. The van der Waals surface area contributed by atoms with Gasteiger partial charge in [-0.15, -0.1) is 0 Å². The Hall–Kier alpha value is -5.07. The van der Waals surface area contributed by atoms with E-state index >= 15 is 0 Å². The van der Waals surface area contributed by atoms with Gasteiger partial charge in [-0.2, -0.15) is 18.3 Å². The fraction of sp³-hybridized carbons (Fsp3) is 0.0435. The number of carbonyl (C=O) groups is 3. The molecule has 3 rings (SSSR count). The Morgan fingerprint density at radius 2 is 1.50 bits per heavy atom. The van der Waals surface area contributed by atoms with Gasteiger partial charge in [-0.05, 0) is 66.2 Å². The van der Waals surface area contributed by atoms with Crippen LogP contribution in [-0.4, -0.2) is 28.9 Å². The van der Waals surface area contributed by atoms with E-state index in [1.807, 2.05) is 5.43 Å². The van der Waals surface area contributed by atoms with E-state index in [0.717, 1.165) is 24.3 Å². The van der Waals surface area contributed by atoms with Gasteiger partial charge >= 0.3 is 24.0 Å². The van der Waals surface area contributed by atoms with Gasteiger partial charge in [0, 0.05) is 17.8 Å². The van der Waals surface area contributed by atoms with Gasteiger partial charge in [0.05, 0.1) is 22.3 Å². The van der Waals surface area contributed by atoms with Crippen LogP contribution in [0.3, 0.4) is 0 Å². The summed E-state index contributed by atoms with van der Waals surface area (Å²) in [6.07, 6.45) is -3.33. The van der Waals surface area contributed by atoms with E-state index in [2.05, 4.69) is 10.4 Å². The summed E-state index contributed by atoms with van der Waals surface area (Å²) in [4.78, 5) is 45.9. The lowest BCUT2D eigenvalue weighted by molar-refractivity contribution is -0.384. The summed E-state index contributed by atoms with van der Waals surface area (Å²) in [5.74, 6) is -2.84. The molecule has 2 N–H and O–H groups in total. The third kappa shape index (κ3) is 6.96.